The second kappa shape index (κ2) is 7.77. The number of hydrogen-bond donors (Lipinski definition) is 1. The first-order valence-electron chi connectivity index (χ1n) is 7.31. The van der Waals surface area contributed by atoms with Crippen LogP contribution in [-0.2, 0) is 9.47 Å². The van der Waals surface area contributed by atoms with Crippen LogP contribution in [0.3, 0.4) is 0 Å². The van der Waals surface area contributed by atoms with Gasteiger partial charge in [0, 0.05) is 32.2 Å². The van der Waals surface area contributed by atoms with Gasteiger partial charge in [-0.05, 0) is 12.8 Å². The van der Waals surface area contributed by atoms with Crippen molar-refractivity contribution in [2.24, 2.45) is 10.7 Å². The van der Waals surface area contributed by atoms with E-state index in [-0.39, 0.29) is 30.1 Å². The molecule has 1 aliphatic carbocycles. The smallest absolute Gasteiger partial charge is 0.191 e. The lowest BCUT2D eigenvalue weighted by molar-refractivity contribution is -0.0260. The van der Waals surface area contributed by atoms with E-state index < -0.39 is 0 Å². The predicted octanol–water partition coefficient (Wildman–Crippen LogP) is 0.115. The Balaban J connectivity index is 0.00000147. The number of guanidine groups is 1. The number of rotatable bonds is 3. The molecule has 1 saturated carbocycles. The van der Waals surface area contributed by atoms with Crippen LogP contribution in [0.2, 0.25) is 0 Å². The van der Waals surface area contributed by atoms with E-state index in [0.717, 1.165) is 52.0 Å². The van der Waals surface area contributed by atoms with Crippen LogP contribution in [-0.4, -0.2) is 80.4 Å². The summed E-state index contributed by atoms with van der Waals surface area (Å²) in [5.41, 5.74) is 6.02. The van der Waals surface area contributed by atoms with Crippen LogP contribution in [0.15, 0.2) is 4.99 Å². The zero-order valence-corrected chi connectivity index (χ0v) is 14.2. The molecule has 7 heteroatoms. The van der Waals surface area contributed by atoms with E-state index >= 15 is 0 Å². The average molecular weight is 396 g/mol. The van der Waals surface area contributed by atoms with Gasteiger partial charge < -0.3 is 20.1 Å². The van der Waals surface area contributed by atoms with E-state index in [9.17, 15) is 0 Å². The van der Waals surface area contributed by atoms with Crippen molar-refractivity contribution < 1.29 is 9.47 Å². The summed E-state index contributed by atoms with van der Waals surface area (Å²) in [5.74, 6) is 0.635. The highest BCUT2D eigenvalue weighted by Gasteiger charge is 2.32. The molecule has 0 aromatic rings. The second-order valence-electron chi connectivity index (χ2n) is 5.52. The molecule has 3 aliphatic rings. The predicted molar refractivity (Wildman–Crippen MR) is 88.6 cm³/mol. The van der Waals surface area contributed by atoms with E-state index in [2.05, 4.69) is 14.8 Å². The molecule has 20 heavy (non-hydrogen) atoms. The molecule has 1 unspecified atom stereocenters. The maximum Gasteiger partial charge on any atom is 0.191 e. The number of ether oxygens (including phenoxy) is 2. The van der Waals surface area contributed by atoms with Gasteiger partial charge in [0.25, 0.3) is 0 Å². The fourth-order valence-corrected chi connectivity index (χ4v) is 2.71. The van der Waals surface area contributed by atoms with Crippen molar-refractivity contribution >= 4 is 29.9 Å². The molecule has 0 radical (unpaired) electrons. The van der Waals surface area contributed by atoms with E-state index in [4.69, 9.17) is 15.2 Å². The molecule has 6 nitrogen and oxygen atoms in total. The van der Waals surface area contributed by atoms with Gasteiger partial charge in [0.15, 0.2) is 5.96 Å². The third-order valence-corrected chi connectivity index (χ3v) is 4.03. The van der Waals surface area contributed by atoms with Gasteiger partial charge in [-0.2, -0.15) is 0 Å². The third-order valence-electron chi connectivity index (χ3n) is 4.03. The second-order valence-corrected chi connectivity index (χ2v) is 5.52. The van der Waals surface area contributed by atoms with Gasteiger partial charge in [0.2, 0.25) is 0 Å². The van der Waals surface area contributed by atoms with Gasteiger partial charge in [-0.1, -0.05) is 0 Å². The summed E-state index contributed by atoms with van der Waals surface area (Å²) in [6.45, 7) is 6.75. The number of morpholine rings is 2. The van der Waals surface area contributed by atoms with Gasteiger partial charge in [-0.15, -0.1) is 24.0 Å². The Bertz CT molecular complexity index is 332. The third kappa shape index (κ3) is 4.44. The Morgan fingerprint density at radius 3 is 2.60 bits per heavy atom. The van der Waals surface area contributed by atoms with Gasteiger partial charge in [-0.25, -0.2) is 0 Å². The molecule has 3 rings (SSSR count). The van der Waals surface area contributed by atoms with Gasteiger partial charge in [0.05, 0.1) is 32.5 Å². The molecule has 0 aromatic carbocycles. The van der Waals surface area contributed by atoms with Crippen LogP contribution >= 0.6 is 24.0 Å². The zero-order chi connectivity index (χ0) is 13.1. The molecule has 2 N–H and O–H groups in total. The van der Waals surface area contributed by atoms with Crippen molar-refractivity contribution in [3.8, 4) is 0 Å². The topological polar surface area (TPSA) is 63.3 Å². The van der Waals surface area contributed by atoms with Gasteiger partial charge in [-0.3, -0.25) is 9.89 Å². The Morgan fingerprint density at radius 2 is 1.90 bits per heavy atom. The van der Waals surface area contributed by atoms with Crippen molar-refractivity contribution in [1.82, 2.24) is 9.80 Å². The van der Waals surface area contributed by atoms with Crippen LogP contribution in [0.25, 0.3) is 0 Å². The number of hydrogen-bond acceptors (Lipinski definition) is 4. The van der Waals surface area contributed by atoms with Crippen LogP contribution in [0.1, 0.15) is 12.8 Å². The maximum absolute atomic E-state index is 6.02. The van der Waals surface area contributed by atoms with Crippen LogP contribution < -0.4 is 5.73 Å². The molecular weight excluding hydrogens is 371 g/mol. The molecule has 2 aliphatic heterocycles. The fraction of sp³-hybridized carbons (Fsp3) is 0.923. The van der Waals surface area contributed by atoms with E-state index in [1.54, 1.807) is 0 Å². The van der Waals surface area contributed by atoms with Crippen molar-refractivity contribution in [2.75, 3.05) is 52.5 Å². The van der Waals surface area contributed by atoms with Crippen molar-refractivity contribution in [2.45, 2.75) is 25.0 Å². The fourth-order valence-electron chi connectivity index (χ4n) is 2.71. The lowest BCUT2D eigenvalue weighted by Crippen LogP contribution is -2.47. The molecule has 2 heterocycles. The number of aliphatic imine (C=N–C) groups is 1. The summed E-state index contributed by atoms with van der Waals surface area (Å²) in [4.78, 5) is 9.12. The van der Waals surface area contributed by atoms with Gasteiger partial charge in [0.1, 0.15) is 0 Å². The Hall–Kier alpha value is -0.120. The quantitative estimate of drug-likeness (QED) is 0.417. The Kier molecular flexibility index (Phi) is 6.31. The van der Waals surface area contributed by atoms with Crippen LogP contribution in [0.5, 0.6) is 0 Å². The number of nitrogens with zero attached hydrogens (tertiary/aromatic N) is 3. The first kappa shape index (κ1) is 16.3. The van der Waals surface area contributed by atoms with Crippen LogP contribution in [0.4, 0.5) is 0 Å². The molecule has 116 valence electrons. The Morgan fingerprint density at radius 1 is 1.15 bits per heavy atom. The summed E-state index contributed by atoms with van der Waals surface area (Å²) in [5, 5.41) is 0. The molecule has 3 fully saturated rings. The first-order valence-corrected chi connectivity index (χ1v) is 7.31. The number of nitrogens with two attached hydrogens (primary N) is 1. The minimum atomic E-state index is 0. The summed E-state index contributed by atoms with van der Waals surface area (Å²) < 4.78 is 11.1. The highest BCUT2D eigenvalue weighted by atomic mass is 127. The monoisotopic (exact) mass is 396 g/mol. The SMILES string of the molecule is I.NC(=NCC1CN(C2CC2)CCO1)N1CCOCC1. The molecule has 0 aromatic heterocycles. The minimum absolute atomic E-state index is 0. The zero-order valence-electron chi connectivity index (χ0n) is 11.9. The van der Waals surface area contributed by atoms with E-state index in [0.29, 0.717) is 12.5 Å². The highest BCUT2D eigenvalue weighted by molar-refractivity contribution is 14.0. The largest absolute Gasteiger partial charge is 0.378 e. The van der Waals surface area contributed by atoms with Crippen molar-refractivity contribution in [3.05, 3.63) is 0 Å². The Labute approximate surface area is 137 Å². The molecule has 0 bridgehead atoms. The minimum Gasteiger partial charge on any atom is -0.378 e. The van der Waals surface area contributed by atoms with E-state index in [1.807, 2.05) is 0 Å². The summed E-state index contributed by atoms with van der Waals surface area (Å²) in [7, 11) is 0. The summed E-state index contributed by atoms with van der Waals surface area (Å²) in [6.07, 6.45) is 2.91. The maximum atomic E-state index is 6.02. The normalized spacial score (nSPS) is 29.1. The molecule has 0 spiro atoms. The summed E-state index contributed by atoms with van der Waals surface area (Å²) in [6, 6.07) is 0.812. The molecular formula is C13H25IN4O2. The molecule has 1 atom stereocenters. The molecule has 2 saturated heterocycles. The highest BCUT2D eigenvalue weighted by Crippen LogP contribution is 2.28. The standard InChI is InChI=1S/C13H24N4O2.HI/c14-13(16-3-6-18-7-4-16)15-9-12-10-17(5-8-19-12)11-1-2-11;/h11-12H,1-10H2,(H2,14,15);1H. The van der Waals surface area contributed by atoms with Gasteiger partial charge >= 0.3 is 0 Å². The average Bonchev–Trinajstić information content (AvgIpc) is 3.31. The number of halogens is 1. The van der Waals surface area contributed by atoms with Crippen molar-refractivity contribution in [3.63, 3.8) is 0 Å². The first-order chi connectivity index (χ1) is 9.33. The van der Waals surface area contributed by atoms with Crippen molar-refractivity contribution in [1.29, 1.82) is 0 Å². The summed E-state index contributed by atoms with van der Waals surface area (Å²) >= 11 is 0. The lowest BCUT2D eigenvalue weighted by atomic mass is 10.2. The molecule has 0 amide bonds. The lowest BCUT2D eigenvalue weighted by Gasteiger charge is -2.32. The van der Waals surface area contributed by atoms with Crippen LogP contribution in [0, 0.1) is 0 Å². The van der Waals surface area contributed by atoms with E-state index in [1.165, 1.54) is 12.8 Å².